The molecule has 0 saturated carbocycles. The number of hydrogen-bond acceptors (Lipinski definition) is 3. The molecule has 1 saturated heterocycles. The average molecular weight is 200 g/mol. The largest absolute Gasteiger partial charge is 0.383 e. The van der Waals surface area contributed by atoms with Gasteiger partial charge in [-0.05, 0) is 19.4 Å². The Morgan fingerprint density at radius 2 is 2.43 bits per heavy atom. The summed E-state index contributed by atoms with van der Waals surface area (Å²) in [6, 6.07) is 0.396. The smallest absolute Gasteiger partial charge is 0.223 e. The predicted octanol–water partition coefficient (Wildman–Crippen LogP) is 0.233. The van der Waals surface area contributed by atoms with Gasteiger partial charge in [-0.2, -0.15) is 0 Å². The molecule has 4 nitrogen and oxygen atoms in total. The van der Waals surface area contributed by atoms with Crippen molar-refractivity contribution in [2.75, 3.05) is 33.9 Å². The maximum Gasteiger partial charge on any atom is 0.223 e. The van der Waals surface area contributed by atoms with E-state index in [1.54, 1.807) is 12.0 Å². The highest BCUT2D eigenvalue weighted by atomic mass is 16.5. The Morgan fingerprint density at radius 1 is 1.64 bits per heavy atom. The lowest BCUT2D eigenvalue weighted by molar-refractivity contribution is -0.130. The van der Waals surface area contributed by atoms with E-state index >= 15 is 0 Å². The van der Waals surface area contributed by atoms with Gasteiger partial charge in [0.2, 0.25) is 5.91 Å². The molecule has 0 aromatic rings. The SMILES string of the molecule is COCCN(C)C(=O)CC1CCCN1. The van der Waals surface area contributed by atoms with Crippen molar-refractivity contribution >= 4 is 5.91 Å². The van der Waals surface area contributed by atoms with Crippen LogP contribution in [-0.2, 0) is 9.53 Å². The zero-order chi connectivity index (χ0) is 10.4. The van der Waals surface area contributed by atoms with E-state index < -0.39 is 0 Å². The third-order valence-electron chi connectivity index (χ3n) is 2.64. The van der Waals surface area contributed by atoms with Crippen molar-refractivity contribution in [1.82, 2.24) is 10.2 Å². The van der Waals surface area contributed by atoms with Gasteiger partial charge in [0.05, 0.1) is 6.61 Å². The minimum absolute atomic E-state index is 0.210. The average Bonchev–Trinajstić information content (AvgIpc) is 2.66. The van der Waals surface area contributed by atoms with Gasteiger partial charge in [0.15, 0.2) is 0 Å². The highest BCUT2D eigenvalue weighted by molar-refractivity contribution is 5.76. The summed E-state index contributed by atoms with van der Waals surface area (Å²) in [5, 5.41) is 3.32. The van der Waals surface area contributed by atoms with Crippen LogP contribution >= 0.6 is 0 Å². The maximum absolute atomic E-state index is 11.6. The third-order valence-corrected chi connectivity index (χ3v) is 2.64. The summed E-state index contributed by atoms with van der Waals surface area (Å²) in [6.07, 6.45) is 2.95. The predicted molar refractivity (Wildman–Crippen MR) is 55.2 cm³/mol. The number of ether oxygens (including phenoxy) is 1. The van der Waals surface area contributed by atoms with Crippen molar-refractivity contribution < 1.29 is 9.53 Å². The quantitative estimate of drug-likeness (QED) is 0.691. The molecule has 0 aliphatic carbocycles. The molecule has 0 bridgehead atoms. The van der Waals surface area contributed by atoms with Gasteiger partial charge in [0.1, 0.15) is 0 Å². The van der Waals surface area contributed by atoms with Crippen LogP contribution < -0.4 is 5.32 Å². The Kier molecular flexibility index (Phi) is 4.90. The first-order valence-electron chi connectivity index (χ1n) is 5.20. The summed E-state index contributed by atoms with van der Waals surface area (Å²) in [5.41, 5.74) is 0. The van der Waals surface area contributed by atoms with E-state index in [0.717, 1.165) is 13.0 Å². The number of carbonyl (C=O) groups is 1. The van der Waals surface area contributed by atoms with Crippen LogP contribution in [0.25, 0.3) is 0 Å². The molecule has 0 aromatic heterocycles. The lowest BCUT2D eigenvalue weighted by Gasteiger charge is -2.18. The molecular weight excluding hydrogens is 180 g/mol. The highest BCUT2D eigenvalue weighted by Gasteiger charge is 2.19. The number of hydrogen-bond donors (Lipinski definition) is 1. The van der Waals surface area contributed by atoms with Gasteiger partial charge < -0.3 is 15.0 Å². The molecule has 1 N–H and O–H groups in total. The Bertz CT molecular complexity index is 179. The zero-order valence-corrected chi connectivity index (χ0v) is 9.08. The molecule has 4 heteroatoms. The molecule has 1 aliphatic heterocycles. The second kappa shape index (κ2) is 5.98. The van der Waals surface area contributed by atoms with Crippen LogP contribution in [0, 0.1) is 0 Å². The molecule has 1 fully saturated rings. The van der Waals surface area contributed by atoms with Crippen molar-refractivity contribution in [3.63, 3.8) is 0 Å². The monoisotopic (exact) mass is 200 g/mol. The summed E-state index contributed by atoms with van der Waals surface area (Å²) < 4.78 is 4.92. The molecule has 1 unspecified atom stereocenters. The van der Waals surface area contributed by atoms with Crippen molar-refractivity contribution in [2.45, 2.75) is 25.3 Å². The van der Waals surface area contributed by atoms with E-state index in [4.69, 9.17) is 4.74 Å². The number of amides is 1. The number of methoxy groups -OCH3 is 1. The minimum Gasteiger partial charge on any atom is -0.383 e. The minimum atomic E-state index is 0.210. The van der Waals surface area contributed by atoms with Crippen LogP contribution in [0.5, 0.6) is 0 Å². The van der Waals surface area contributed by atoms with Crippen LogP contribution in [0.15, 0.2) is 0 Å². The molecular formula is C10H20N2O2. The van der Waals surface area contributed by atoms with E-state index in [-0.39, 0.29) is 5.91 Å². The Labute approximate surface area is 85.6 Å². The maximum atomic E-state index is 11.6. The lowest BCUT2D eigenvalue weighted by atomic mass is 10.1. The number of rotatable bonds is 5. The van der Waals surface area contributed by atoms with Crippen LogP contribution in [0.2, 0.25) is 0 Å². The van der Waals surface area contributed by atoms with E-state index in [0.29, 0.717) is 25.6 Å². The van der Waals surface area contributed by atoms with E-state index in [9.17, 15) is 4.79 Å². The van der Waals surface area contributed by atoms with Crippen molar-refractivity contribution in [1.29, 1.82) is 0 Å². The van der Waals surface area contributed by atoms with Crippen LogP contribution in [0.4, 0.5) is 0 Å². The molecule has 0 radical (unpaired) electrons. The fraction of sp³-hybridized carbons (Fsp3) is 0.900. The lowest BCUT2D eigenvalue weighted by Crippen LogP contribution is -2.35. The van der Waals surface area contributed by atoms with E-state index in [1.165, 1.54) is 6.42 Å². The van der Waals surface area contributed by atoms with Crippen molar-refractivity contribution in [3.05, 3.63) is 0 Å². The second-order valence-electron chi connectivity index (χ2n) is 3.81. The highest BCUT2D eigenvalue weighted by Crippen LogP contribution is 2.09. The van der Waals surface area contributed by atoms with Gasteiger partial charge in [-0.1, -0.05) is 0 Å². The molecule has 0 spiro atoms. The number of likely N-dealkylation sites (N-methyl/N-ethyl adjacent to an activating group) is 1. The molecule has 1 heterocycles. The second-order valence-corrected chi connectivity index (χ2v) is 3.81. The number of nitrogens with one attached hydrogen (secondary N) is 1. The molecule has 1 aliphatic rings. The fourth-order valence-electron chi connectivity index (χ4n) is 1.65. The summed E-state index contributed by atoms with van der Waals surface area (Å²) in [4.78, 5) is 13.4. The molecule has 1 rings (SSSR count). The van der Waals surface area contributed by atoms with Crippen molar-refractivity contribution in [3.8, 4) is 0 Å². The van der Waals surface area contributed by atoms with Gasteiger partial charge in [0, 0.05) is 33.2 Å². The molecule has 1 amide bonds. The van der Waals surface area contributed by atoms with Gasteiger partial charge in [-0.25, -0.2) is 0 Å². The number of carbonyl (C=O) groups excluding carboxylic acids is 1. The summed E-state index contributed by atoms with van der Waals surface area (Å²) >= 11 is 0. The third kappa shape index (κ3) is 3.64. The fourth-order valence-corrected chi connectivity index (χ4v) is 1.65. The van der Waals surface area contributed by atoms with E-state index in [1.807, 2.05) is 7.05 Å². The zero-order valence-electron chi connectivity index (χ0n) is 9.08. The molecule has 1 atom stereocenters. The van der Waals surface area contributed by atoms with Crippen LogP contribution in [0.3, 0.4) is 0 Å². The van der Waals surface area contributed by atoms with Crippen LogP contribution in [0.1, 0.15) is 19.3 Å². The van der Waals surface area contributed by atoms with E-state index in [2.05, 4.69) is 5.32 Å². The molecule has 0 aromatic carbocycles. The number of nitrogens with zero attached hydrogens (tertiary/aromatic N) is 1. The first-order chi connectivity index (χ1) is 6.74. The summed E-state index contributed by atoms with van der Waals surface area (Å²) in [6.45, 7) is 2.35. The van der Waals surface area contributed by atoms with Crippen LogP contribution in [-0.4, -0.2) is 50.7 Å². The first-order valence-corrected chi connectivity index (χ1v) is 5.20. The normalized spacial score (nSPS) is 21.1. The molecule has 14 heavy (non-hydrogen) atoms. The van der Waals surface area contributed by atoms with Crippen molar-refractivity contribution in [2.24, 2.45) is 0 Å². The summed E-state index contributed by atoms with van der Waals surface area (Å²) in [7, 11) is 3.48. The Balaban J connectivity index is 2.18. The topological polar surface area (TPSA) is 41.6 Å². The Hall–Kier alpha value is -0.610. The van der Waals surface area contributed by atoms with Gasteiger partial charge in [0.25, 0.3) is 0 Å². The standard InChI is InChI=1S/C10H20N2O2/c1-12(6-7-14-2)10(13)8-9-4-3-5-11-9/h9,11H,3-8H2,1-2H3. The van der Waals surface area contributed by atoms with Gasteiger partial charge in [-0.3, -0.25) is 4.79 Å². The Morgan fingerprint density at radius 3 is 3.00 bits per heavy atom. The summed E-state index contributed by atoms with van der Waals surface area (Å²) in [5.74, 6) is 0.210. The molecule has 82 valence electrons. The van der Waals surface area contributed by atoms with Gasteiger partial charge >= 0.3 is 0 Å². The van der Waals surface area contributed by atoms with Gasteiger partial charge in [-0.15, -0.1) is 0 Å². The first kappa shape index (κ1) is 11.5.